The molecule has 412 valence electrons. The van der Waals surface area contributed by atoms with Crippen molar-refractivity contribution in [1.82, 2.24) is 35.0 Å². The number of hydrogen-bond acceptors (Lipinski definition) is 14. The molecule has 79 heavy (non-hydrogen) atoms. The van der Waals surface area contributed by atoms with Crippen molar-refractivity contribution in [3.8, 4) is 29.6 Å². The molecule has 10 heterocycles. The Bertz CT molecular complexity index is 3300. The number of terminal acetylenes is 1. The number of aromatic nitrogens is 3. The van der Waals surface area contributed by atoms with Gasteiger partial charge in [-0.2, -0.15) is 9.97 Å². The molecule has 13 rings (SSSR count). The third-order valence-corrected chi connectivity index (χ3v) is 18.3. The van der Waals surface area contributed by atoms with Crippen LogP contribution in [0.2, 0.25) is 0 Å². The largest absolute Gasteiger partial charge is 0.461 e. The fraction of sp³-hybridized carbons (Fsp3) is 0.517. The maximum atomic E-state index is 17.4. The second-order valence-corrected chi connectivity index (χ2v) is 22.8. The summed E-state index contributed by atoms with van der Waals surface area (Å²) >= 11 is 0. The number of imide groups is 1. The van der Waals surface area contributed by atoms with Crippen LogP contribution in [0.4, 0.5) is 25.1 Å². The molecule has 17 nitrogen and oxygen atoms in total. The number of anilines is 2. The Labute approximate surface area is 457 Å². The van der Waals surface area contributed by atoms with Gasteiger partial charge < -0.3 is 38.5 Å². The molecule has 4 amide bonds. The lowest BCUT2D eigenvalue weighted by atomic mass is 9.95. The van der Waals surface area contributed by atoms with E-state index in [1.807, 2.05) is 18.2 Å². The van der Waals surface area contributed by atoms with Crippen molar-refractivity contribution < 1.29 is 46.9 Å². The highest BCUT2D eigenvalue weighted by molar-refractivity contribution is 6.06. The summed E-state index contributed by atoms with van der Waals surface area (Å²) in [4.78, 5) is 76.2. The van der Waals surface area contributed by atoms with Crippen LogP contribution >= 0.6 is 0 Å². The smallest absolute Gasteiger partial charge is 0.409 e. The topological polar surface area (TPSA) is 172 Å². The van der Waals surface area contributed by atoms with E-state index in [9.17, 15) is 19.2 Å². The highest BCUT2D eigenvalue weighted by Gasteiger charge is 2.50. The quantitative estimate of drug-likeness (QED) is 0.103. The Hall–Kier alpha value is -7.01. The molecule has 6 saturated heterocycles. The maximum Gasteiger partial charge on any atom is 0.409 e. The normalized spacial score (nSPS) is 24.8. The SMILES string of the molecule is C#Cc1c(F)ccc2cccc(-c3nc4c5c(nc(OC[C@@]67CCCN6[C@H](COC(=O)N6CCC(OCC8CCN(c9ccc%10c(c9)CN(C9CCC(=O)NC9=O)C%10=O)CC8)CC6)CC7)nc5c3F)N3CCCOC[C@@H]3CC4)c12. The Morgan fingerprint density at radius 1 is 0.848 bits per heavy atom. The molecule has 8 aliphatic rings. The van der Waals surface area contributed by atoms with Crippen LogP contribution in [0, 0.1) is 29.9 Å². The Balaban J connectivity index is 0.613. The van der Waals surface area contributed by atoms with Crippen LogP contribution < -0.4 is 19.9 Å². The van der Waals surface area contributed by atoms with Crippen LogP contribution in [0.1, 0.15) is 104 Å². The summed E-state index contributed by atoms with van der Waals surface area (Å²) in [7, 11) is 0. The number of carbonyl (C=O) groups excluding carboxylic acids is 4. The number of piperidine rings is 3. The van der Waals surface area contributed by atoms with Crippen LogP contribution in [0.5, 0.6) is 6.01 Å². The second-order valence-electron chi connectivity index (χ2n) is 22.8. The summed E-state index contributed by atoms with van der Waals surface area (Å²) in [5.74, 6) is 1.42. The highest BCUT2D eigenvalue weighted by atomic mass is 19.1. The van der Waals surface area contributed by atoms with Gasteiger partial charge in [0.05, 0.1) is 40.9 Å². The molecular formula is C60H65F2N9O8. The zero-order valence-electron chi connectivity index (χ0n) is 44.4. The first-order chi connectivity index (χ1) is 38.5. The van der Waals surface area contributed by atoms with Gasteiger partial charge in [0.25, 0.3) is 5.91 Å². The lowest BCUT2D eigenvalue weighted by Crippen LogP contribution is -2.52. The van der Waals surface area contributed by atoms with Crippen molar-refractivity contribution in [3.05, 3.63) is 82.5 Å². The molecule has 0 spiro atoms. The number of likely N-dealkylation sites (tertiary alicyclic amines) is 1. The lowest BCUT2D eigenvalue weighted by Gasteiger charge is -2.36. The minimum absolute atomic E-state index is 0.0115. The van der Waals surface area contributed by atoms with E-state index < -0.39 is 23.6 Å². The molecule has 19 heteroatoms. The molecule has 0 aliphatic carbocycles. The number of ether oxygens (including phenoxy) is 4. The maximum absolute atomic E-state index is 17.4. The summed E-state index contributed by atoms with van der Waals surface area (Å²) in [6.45, 7) is 7.12. The molecule has 1 N–H and O–H groups in total. The van der Waals surface area contributed by atoms with Crippen LogP contribution in [0.25, 0.3) is 32.9 Å². The predicted molar refractivity (Wildman–Crippen MR) is 290 cm³/mol. The minimum Gasteiger partial charge on any atom is -0.461 e. The highest BCUT2D eigenvalue weighted by Crippen LogP contribution is 2.45. The molecule has 1 unspecified atom stereocenters. The summed E-state index contributed by atoms with van der Waals surface area (Å²) in [6.07, 6.45) is 15.2. The standard InChI is InChI=1S/C60H65F2N9O8/c1-2-43-46(61)12-8-37-6-3-7-45(50(37)43)53-52(62)54-51-47(63-53)13-10-40-33-76-29-5-23-69(40)55(51)66-58(65-54)79-35-60-21-4-24-71(60)41(16-22-60)34-78-59(75)68-27-19-42(20-28-68)77-32-36-17-25-67(26-18-36)39-9-11-44-38(30-39)31-70(57(44)74)48-14-15-49(72)64-56(48)73/h1,3,6-9,11-12,30,36,40-42,48H,4-5,10,13-29,31-35H2,(H,64,72,73)/t40-,41-,48?,60-/m0/s1. The van der Waals surface area contributed by atoms with Gasteiger partial charge in [-0.1, -0.05) is 30.2 Å². The molecule has 0 radical (unpaired) electrons. The fourth-order valence-corrected chi connectivity index (χ4v) is 14.0. The molecule has 3 aromatic carbocycles. The van der Waals surface area contributed by atoms with Crippen molar-refractivity contribution in [1.29, 1.82) is 0 Å². The first kappa shape index (κ1) is 51.4. The van der Waals surface area contributed by atoms with Crippen LogP contribution in [0.3, 0.4) is 0 Å². The third kappa shape index (κ3) is 9.56. The van der Waals surface area contributed by atoms with Gasteiger partial charge in [0.15, 0.2) is 5.82 Å². The van der Waals surface area contributed by atoms with E-state index in [4.69, 9.17) is 40.3 Å². The third-order valence-electron chi connectivity index (χ3n) is 18.3. The monoisotopic (exact) mass is 1080 g/mol. The molecule has 0 bridgehead atoms. The van der Waals surface area contributed by atoms with Crippen molar-refractivity contribution >= 4 is 57.0 Å². The van der Waals surface area contributed by atoms with Gasteiger partial charge in [-0.05, 0) is 125 Å². The van der Waals surface area contributed by atoms with E-state index in [0.29, 0.717) is 110 Å². The number of fused-ring (bicyclic) bond motifs is 5. The van der Waals surface area contributed by atoms with E-state index in [-0.39, 0.29) is 84.1 Å². The Kier molecular flexibility index (Phi) is 13.8. The number of benzene rings is 3. The van der Waals surface area contributed by atoms with Gasteiger partial charge in [0, 0.05) is 87.1 Å². The van der Waals surface area contributed by atoms with Gasteiger partial charge >= 0.3 is 12.1 Å². The zero-order chi connectivity index (χ0) is 53.9. The van der Waals surface area contributed by atoms with Crippen molar-refractivity contribution in [2.75, 3.05) is 82.1 Å². The average molecular weight is 1080 g/mol. The van der Waals surface area contributed by atoms with Crippen LogP contribution in [-0.4, -0.2) is 156 Å². The van der Waals surface area contributed by atoms with Crippen molar-refractivity contribution in [3.63, 3.8) is 0 Å². The van der Waals surface area contributed by atoms with Crippen LogP contribution in [-0.2, 0) is 36.8 Å². The van der Waals surface area contributed by atoms with Gasteiger partial charge in [-0.3, -0.25) is 24.6 Å². The summed E-state index contributed by atoms with van der Waals surface area (Å²) < 4.78 is 57.8. The number of aryl methyl sites for hydroxylation is 1. The number of amides is 4. The van der Waals surface area contributed by atoms with E-state index >= 15 is 8.78 Å². The van der Waals surface area contributed by atoms with Gasteiger partial charge in [0.1, 0.15) is 42.1 Å². The second kappa shape index (κ2) is 21.2. The first-order valence-corrected chi connectivity index (χ1v) is 28.4. The Morgan fingerprint density at radius 3 is 2.54 bits per heavy atom. The van der Waals surface area contributed by atoms with E-state index in [2.05, 4.69) is 32.0 Å². The van der Waals surface area contributed by atoms with E-state index in [1.54, 1.807) is 28.0 Å². The van der Waals surface area contributed by atoms with Crippen LogP contribution in [0.15, 0.2) is 48.5 Å². The molecule has 2 aromatic heterocycles. The number of nitrogens with one attached hydrogen (secondary N) is 1. The number of hydrogen-bond donors (Lipinski definition) is 1. The van der Waals surface area contributed by atoms with Gasteiger partial charge in [-0.15, -0.1) is 6.42 Å². The number of halogens is 2. The van der Waals surface area contributed by atoms with Crippen molar-refractivity contribution in [2.45, 2.75) is 120 Å². The molecule has 6 fully saturated rings. The van der Waals surface area contributed by atoms with Gasteiger partial charge in [-0.25, -0.2) is 18.6 Å². The molecule has 0 saturated carbocycles. The van der Waals surface area contributed by atoms with Crippen molar-refractivity contribution in [2.24, 2.45) is 5.92 Å². The van der Waals surface area contributed by atoms with Gasteiger partial charge in [0.2, 0.25) is 11.8 Å². The number of carbonyl (C=O) groups is 4. The fourth-order valence-electron chi connectivity index (χ4n) is 14.0. The predicted octanol–water partition coefficient (Wildman–Crippen LogP) is 7.32. The molecule has 5 aromatic rings. The number of rotatable bonds is 11. The number of pyridine rings is 1. The lowest BCUT2D eigenvalue weighted by molar-refractivity contribution is -0.136. The minimum atomic E-state index is -0.650. The average Bonchev–Trinajstić information content (AvgIpc) is 4.12. The molecule has 4 atom stereocenters. The van der Waals surface area contributed by atoms with E-state index in [0.717, 1.165) is 88.7 Å². The Morgan fingerprint density at radius 2 is 1.71 bits per heavy atom. The van der Waals surface area contributed by atoms with E-state index in [1.165, 1.54) is 6.07 Å². The summed E-state index contributed by atoms with van der Waals surface area (Å²) in [5, 5.41) is 4.02. The first-order valence-electron chi connectivity index (χ1n) is 28.4. The summed E-state index contributed by atoms with van der Waals surface area (Å²) in [5.41, 5.74) is 3.52. The number of nitrogens with zero attached hydrogens (tertiary/aromatic N) is 8. The molecular weight excluding hydrogens is 1010 g/mol. The zero-order valence-corrected chi connectivity index (χ0v) is 44.4. The summed E-state index contributed by atoms with van der Waals surface area (Å²) in [6, 6.07) is 13.7. The molecule has 8 aliphatic heterocycles.